The summed E-state index contributed by atoms with van der Waals surface area (Å²) in [5.41, 5.74) is 0.00261. The number of rotatable bonds is 4. The second-order valence-electron chi connectivity index (χ2n) is 7.53. The third-order valence-corrected chi connectivity index (χ3v) is 5.41. The van der Waals surface area contributed by atoms with E-state index in [1.165, 1.54) is 0 Å². The molecule has 0 bridgehead atoms. The number of likely N-dealkylation sites (tertiary alicyclic amines) is 1. The Balaban J connectivity index is 1.60. The average Bonchev–Trinajstić information content (AvgIpc) is 3.10. The van der Waals surface area contributed by atoms with Crippen LogP contribution in [-0.2, 0) is 14.1 Å². The summed E-state index contributed by atoms with van der Waals surface area (Å²) in [4.78, 5) is 22.1. The normalized spacial score (nSPS) is 24.6. The number of carbonyl (C=O) groups is 1. The maximum absolute atomic E-state index is 11.6. The summed E-state index contributed by atoms with van der Waals surface area (Å²) < 4.78 is 12.0. The van der Waals surface area contributed by atoms with Gasteiger partial charge in [-0.05, 0) is 34.1 Å². The number of hydrogen-bond donors (Lipinski definition) is 1. The first-order valence-corrected chi connectivity index (χ1v) is 9.03. The van der Waals surface area contributed by atoms with Gasteiger partial charge in [-0.15, -0.1) is 11.6 Å². The molecular formula is C16H24BClN4O3. The molecule has 1 aromatic rings. The molecule has 0 spiro atoms. The largest absolute Gasteiger partial charge is 0.498 e. The highest BCUT2D eigenvalue weighted by atomic mass is 35.5. The molecule has 0 radical (unpaired) electrons. The van der Waals surface area contributed by atoms with Crippen molar-refractivity contribution >= 4 is 36.0 Å². The SMILES string of the molecule is CC1(C)OB(c2cnc(N[C@@H]3CCN(C(=O)CCl)C3)nc2)OC1(C)C. The number of nitrogens with one attached hydrogen (secondary N) is 1. The van der Waals surface area contributed by atoms with Crippen LogP contribution in [0.1, 0.15) is 34.1 Å². The molecule has 2 aliphatic rings. The van der Waals surface area contributed by atoms with Crippen LogP contribution in [0.5, 0.6) is 0 Å². The van der Waals surface area contributed by atoms with Gasteiger partial charge < -0.3 is 19.5 Å². The molecule has 1 amide bonds. The van der Waals surface area contributed by atoms with Crippen molar-refractivity contribution < 1.29 is 14.1 Å². The molecule has 2 saturated heterocycles. The summed E-state index contributed by atoms with van der Waals surface area (Å²) in [6.45, 7) is 9.37. The number of halogens is 1. The summed E-state index contributed by atoms with van der Waals surface area (Å²) in [6, 6.07) is 0.134. The third kappa shape index (κ3) is 3.76. The molecule has 1 atom stereocenters. The standard InChI is InChI=1S/C16H24BClN4O3/c1-15(2)16(3,4)25-17(24-15)11-8-19-14(20-9-11)21-12-5-6-22(10-12)13(23)7-18/h8-9,12H,5-7,10H2,1-4H3,(H,19,20,21)/t12-/m1/s1. The van der Waals surface area contributed by atoms with Crippen LogP contribution in [0.15, 0.2) is 12.4 Å². The fourth-order valence-corrected chi connectivity index (χ4v) is 3.05. The van der Waals surface area contributed by atoms with Gasteiger partial charge in [-0.25, -0.2) is 9.97 Å². The lowest BCUT2D eigenvalue weighted by Crippen LogP contribution is -2.41. The molecule has 0 saturated carbocycles. The van der Waals surface area contributed by atoms with E-state index < -0.39 is 18.3 Å². The highest BCUT2D eigenvalue weighted by Crippen LogP contribution is 2.36. The Kier molecular flexibility index (Phi) is 4.96. The number of aromatic nitrogens is 2. The summed E-state index contributed by atoms with van der Waals surface area (Å²) >= 11 is 5.60. The quantitative estimate of drug-likeness (QED) is 0.633. The first-order valence-electron chi connectivity index (χ1n) is 8.50. The molecule has 25 heavy (non-hydrogen) atoms. The van der Waals surface area contributed by atoms with Crippen molar-refractivity contribution in [1.82, 2.24) is 14.9 Å². The van der Waals surface area contributed by atoms with Crippen molar-refractivity contribution in [3.8, 4) is 0 Å². The van der Waals surface area contributed by atoms with Crippen LogP contribution in [0.2, 0.25) is 0 Å². The molecular weight excluding hydrogens is 342 g/mol. The molecule has 0 unspecified atom stereocenters. The molecule has 2 aliphatic heterocycles. The van der Waals surface area contributed by atoms with E-state index in [4.69, 9.17) is 20.9 Å². The van der Waals surface area contributed by atoms with Gasteiger partial charge in [-0.1, -0.05) is 0 Å². The second kappa shape index (κ2) is 6.74. The molecule has 3 rings (SSSR count). The van der Waals surface area contributed by atoms with E-state index in [1.54, 1.807) is 17.3 Å². The molecule has 3 heterocycles. The lowest BCUT2D eigenvalue weighted by atomic mass is 9.81. The Morgan fingerprint density at radius 1 is 1.32 bits per heavy atom. The van der Waals surface area contributed by atoms with Gasteiger partial charge in [0, 0.05) is 37.0 Å². The van der Waals surface area contributed by atoms with Crippen LogP contribution in [0.3, 0.4) is 0 Å². The van der Waals surface area contributed by atoms with Gasteiger partial charge in [0.05, 0.1) is 11.2 Å². The van der Waals surface area contributed by atoms with Crippen molar-refractivity contribution in [2.45, 2.75) is 51.4 Å². The maximum Gasteiger partial charge on any atom is 0.498 e. The average molecular weight is 367 g/mol. The Morgan fingerprint density at radius 3 is 2.48 bits per heavy atom. The van der Waals surface area contributed by atoms with Crippen molar-refractivity contribution in [2.75, 3.05) is 24.3 Å². The smallest absolute Gasteiger partial charge is 0.399 e. The summed E-state index contributed by atoms with van der Waals surface area (Å²) in [5.74, 6) is 0.514. The van der Waals surface area contributed by atoms with Gasteiger partial charge in [0.1, 0.15) is 5.88 Å². The minimum absolute atomic E-state index is 0.0198. The lowest BCUT2D eigenvalue weighted by Gasteiger charge is -2.32. The fourth-order valence-electron chi connectivity index (χ4n) is 2.89. The Bertz CT molecular complexity index is 625. The number of amides is 1. The van der Waals surface area contributed by atoms with E-state index in [0.717, 1.165) is 11.9 Å². The van der Waals surface area contributed by atoms with Crippen LogP contribution in [0.25, 0.3) is 0 Å². The van der Waals surface area contributed by atoms with E-state index in [1.807, 2.05) is 27.7 Å². The molecule has 9 heteroatoms. The van der Waals surface area contributed by atoms with Crippen LogP contribution in [0, 0.1) is 0 Å². The number of nitrogens with zero attached hydrogens (tertiary/aromatic N) is 3. The zero-order valence-corrected chi connectivity index (χ0v) is 15.8. The van der Waals surface area contributed by atoms with Gasteiger partial charge >= 0.3 is 7.12 Å². The zero-order valence-electron chi connectivity index (χ0n) is 15.1. The van der Waals surface area contributed by atoms with Crippen molar-refractivity contribution in [3.63, 3.8) is 0 Å². The first-order chi connectivity index (χ1) is 11.7. The van der Waals surface area contributed by atoms with Crippen molar-refractivity contribution in [2.24, 2.45) is 0 Å². The molecule has 2 fully saturated rings. The van der Waals surface area contributed by atoms with Gasteiger partial charge in [-0.3, -0.25) is 4.79 Å². The monoisotopic (exact) mass is 366 g/mol. The first kappa shape index (κ1) is 18.4. The fraction of sp³-hybridized carbons (Fsp3) is 0.688. The minimum atomic E-state index is -0.470. The van der Waals surface area contributed by atoms with Crippen molar-refractivity contribution in [1.29, 1.82) is 0 Å². The number of anilines is 1. The molecule has 7 nitrogen and oxygen atoms in total. The predicted octanol–water partition coefficient (Wildman–Crippen LogP) is 1.03. The number of hydrogen-bond acceptors (Lipinski definition) is 6. The van der Waals surface area contributed by atoms with Gasteiger partial charge in [-0.2, -0.15) is 0 Å². The molecule has 1 aromatic heterocycles. The topological polar surface area (TPSA) is 76.6 Å². The molecule has 0 aromatic carbocycles. The highest BCUT2D eigenvalue weighted by molar-refractivity contribution is 6.61. The maximum atomic E-state index is 11.6. The number of carbonyl (C=O) groups excluding carboxylic acids is 1. The molecule has 1 N–H and O–H groups in total. The Hall–Kier alpha value is -1.38. The summed E-state index contributed by atoms with van der Waals surface area (Å²) in [7, 11) is -0.470. The Morgan fingerprint density at radius 2 is 1.92 bits per heavy atom. The summed E-state index contributed by atoms with van der Waals surface area (Å²) in [6.07, 6.45) is 4.28. The molecule has 0 aliphatic carbocycles. The zero-order chi connectivity index (χ0) is 18.2. The summed E-state index contributed by atoms with van der Waals surface area (Å²) in [5, 5.41) is 3.26. The Labute approximate surface area is 153 Å². The lowest BCUT2D eigenvalue weighted by molar-refractivity contribution is -0.127. The van der Waals surface area contributed by atoms with Crippen LogP contribution < -0.4 is 10.8 Å². The van der Waals surface area contributed by atoms with Crippen LogP contribution in [-0.4, -0.2) is 64.1 Å². The van der Waals surface area contributed by atoms with E-state index in [-0.39, 0.29) is 17.8 Å². The van der Waals surface area contributed by atoms with E-state index in [0.29, 0.717) is 19.0 Å². The highest BCUT2D eigenvalue weighted by Gasteiger charge is 2.51. The van der Waals surface area contributed by atoms with Gasteiger partial charge in [0.2, 0.25) is 11.9 Å². The predicted molar refractivity (Wildman–Crippen MR) is 97.1 cm³/mol. The minimum Gasteiger partial charge on any atom is -0.399 e. The van der Waals surface area contributed by atoms with E-state index in [9.17, 15) is 4.79 Å². The second-order valence-corrected chi connectivity index (χ2v) is 7.80. The van der Waals surface area contributed by atoms with Gasteiger partial charge in [0.15, 0.2) is 0 Å². The third-order valence-electron chi connectivity index (χ3n) is 5.19. The van der Waals surface area contributed by atoms with Gasteiger partial charge in [0.25, 0.3) is 0 Å². The van der Waals surface area contributed by atoms with Crippen molar-refractivity contribution in [3.05, 3.63) is 12.4 Å². The van der Waals surface area contributed by atoms with E-state index >= 15 is 0 Å². The van der Waals surface area contributed by atoms with Crippen LogP contribution >= 0.6 is 11.6 Å². The van der Waals surface area contributed by atoms with Crippen LogP contribution in [0.4, 0.5) is 5.95 Å². The number of alkyl halides is 1. The molecule has 136 valence electrons. The van der Waals surface area contributed by atoms with E-state index in [2.05, 4.69) is 15.3 Å².